The van der Waals surface area contributed by atoms with Crippen molar-refractivity contribution in [1.82, 2.24) is 0 Å². The van der Waals surface area contributed by atoms with Crippen LogP contribution in [0.2, 0.25) is 0 Å². The number of anilines is 6. The van der Waals surface area contributed by atoms with Crippen molar-refractivity contribution in [1.29, 1.82) is 0 Å². The first kappa shape index (κ1) is 39.5. The van der Waals surface area contributed by atoms with Crippen molar-refractivity contribution in [2.45, 2.75) is 13.8 Å². The minimum atomic E-state index is 0.807. The van der Waals surface area contributed by atoms with E-state index in [1.807, 2.05) is 0 Å². The summed E-state index contributed by atoms with van der Waals surface area (Å²) in [6.45, 7) is 4.35. The molecule has 0 saturated carbocycles. The van der Waals surface area contributed by atoms with Gasteiger partial charge in [0.15, 0.2) is 0 Å². The van der Waals surface area contributed by atoms with Crippen LogP contribution in [0.5, 0.6) is 0 Å². The molecule has 2 aromatic heterocycles. The van der Waals surface area contributed by atoms with Crippen LogP contribution < -0.4 is 9.80 Å². The van der Waals surface area contributed by atoms with Crippen molar-refractivity contribution in [2.24, 2.45) is 0 Å². The predicted molar refractivity (Wildman–Crippen MR) is 286 cm³/mol. The number of nitrogens with zero attached hydrogens (tertiary/aromatic N) is 2. The van der Waals surface area contributed by atoms with E-state index in [0.29, 0.717) is 0 Å². The highest BCUT2D eigenvalue weighted by Gasteiger charge is 2.21. The molecule has 2 heterocycles. The van der Waals surface area contributed by atoms with Crippen molar-refractivity contribution < 1.29 is 8.83 Å². The molecule has 0 radical (unpaired) electrons. The maximum absolute atomic E-state index is 6.91. The number of rotatable bonds is 8. The lowest BCUT2D eigenvalue weighted by atomic mass is 10.0. The minimum Gasteiger partial charge on any atom is -0.456 e. The molecule has 322 valence electrons. The van der Waals surface area contributed by atoms with Gasteiger partial charge in [-0.2, -0.15) is 0 Å². The summed E-state index contributed by atoms with van der Waals surface area (Å²) >= 11 is 0. The first-order chi connectivity index (χ1) is 33.5. The average molecular weight is 873 g/mol. The molecule has 0 spiro atoms. The van der Waals surface area contributed by atoms with Crippen LogP contribution in [-0.2, 0) is 0 Å². The van der Waals surface area contributed by atoms with Gasteiger partial charge >= 0.3 is 0 Å². The molecule has 0 amide bonds. The van der Waals surface area contributed by atoms with Gasteiger partial charge in [0.1, 0.15) is 22.3 Å². The van der Waals surface area contributed by atoms with Crippen LogP contribution in [0.25, 0.3) is 87.7 Å². The SMILES string of the molecule is Cc1ccccc1N(c1ccc(-c2ccccc2)cc1)c1ccc2cc3c(cc2c1)oc1c3ccc2oc3cc4cc(N(c5ccc(-c6ccccc6)cc5)c5ccccc5C)ccc4cc3c21. The van der Waals surface area contributed by atoms with E-state index < -0.39 is 0 Å². The van der Waals surface area contributed by atoms with E-state index in [2.05, 4.69) is 254 Å². The zero-order valence-corrected chi connectivity index (χ0v) is 37.7. The Kier molecular flexibility index (Phi) is 9.26. The normalized spacial score (nSPS) is 11.7. The summed E-state index contributed by atoms with van der Waals surface area (Å²) in [5, 5.41) is 8.68. The lowest BCUT2D eigenvalue weighted by Crippen LogP contribution is -2.11. The Morgan fingerprint density at radius 1 is 0.294 bits per heavy atom. The molecule has 13 rings (SSSR count). The Hall–Kier alpha value is -8.86. The second-order valence-electron chi connectivity index (χ2n) is 17.8. The fourth-order valence-corrected chi connectivity index (χ4v) is 10.2. The first-order valence-corrected chi connectivity index (χ1v) is 23.2. The molecule has 11 aromatic carbocycles. The van der Waals surface area contributed by atoms with Gasteiger partial charge in [-0.1, -0.05) is 133 Å². The fraction of sp³-hybridized carbons (Fsp3) is 0.0312. The van der Waals surface area contributed by atoms with Gasteiger partial charge in [-0.05, 0) is 166 Å². The Morgan fingerprint density at radius 3 is 1.25 bits per heavy atom. The zero-order valence-electron chi connectivity index (χ0n) is 37.7. The maximum atomic E-state index is 6.91. The fourth-order valence-electron chi connectivity index (χ4n) is 10.2. The second kappa shape index (κ2) is 15.9. The van der Waals surface area contributed by atoms with E-state index in [-0.39, 0.29) is 0 Å². The van der Waals surface area contributed by atoms with E-state index in [1.165, 1.54) is 33.4 Å². The zero-order chi connectivity index (χ0) is 45.3. The van der Waals surface area contributed by atoms with E-state index in [1.54, 1.807) is 0 Å². The lowest BCUT2D eigenvalue weighted by molar-refractivity contribution is 0.663. The largest absolute Gasteiger partial charge is 0.456 e. The lowest BCUT2D eigenvalue weighted by Gasteiger charge is -2.27. The Bertz CT molecular complexity index is 4040. The number of para-hydroxylation sites is 2. The third-order valence-electron chi connectivity index (χ3n) is 13.6. The second-order valence-corrected chi connectivity index (χ2v) is 17.8. The smallest absolute Gasteiger partial charge is 0.147 e. The van der Waals surface area contributed by atoms with Crippen molar-refractivity contribution in [3.05, 3.63) is 242 Å². The Labute approximate surface area is 394 Å². The minimum absolute atomic E-state index is 0.807. The van der Waals surface area contributed by atoms with Gasteiger partial charge < -0.3 is 18.6 Å². The summed E-state index contributed by atoms with van der Waals surface area (Å²) in [6.07, 6.45) is 0. The molecule has 4 heteroatoms. The van der Waals surface area contributed by atoms with E-state index in [4.69, 9.17) is 8.83 Å². The Balaban J connectivity index is 0.897. The van der Waals surface area contributed by atoms with Gasteiger partial charge in [-0.3, -0.25) is 0 Å². The molecule has 13 aromatic rings. The molecule has 0 saturated heterocycles. The highest BCUT2D eigenvalue weighted by atomic mass is 16.3. The van der Waals surface area contributed by atoms with Crippen molar-refractivity contribution in [3.8, 4) is 22.3 Å². The summed E-state index contributed by atoms with van der Waals surface area (Å²) in [5.74, 6) is 0. The van der Waals surface area contributed by atoms with Crippen LogP contribution in [0.4, 0.5) is 34.1 Å². The number of hydrogen-bond donors (Lipinski definition) is 0. The summed E-state index contributed by atoms with van der Waals surface area (Å²) in [7, 11) is 0. The third kappa shape index (κ3) is 6.68. The summed E-state index contributed by atoms with van der Waals surface area (Å²) in [6, 6.07) is 82.6. The molecule has 0 aliphatic carbocycles. The van der Waals surface area contributed by atoms with Crippen LogP contribution in [0, 0.1) is 13.8 Å². The van der Waals surface area contributed by atoms with Crippen molar-refractivity contribution in [3.63, 3.8) is 0 Å². The van der Waals surface area contributed by atoms with Crippen LogP contribution in [0.15, 0.2) is 239 Å². The first-order valence-electron chi connectivity index (χ1n) is 23.2. The summed E-state index contributed by atoms with van der Waals surface area (Å²) < 4.78 is 13.6. The van der Waals surface area contributed by atoms with Gasteiger partial charge in [0.25, 0.3) is 0 Å². The summed E-state index contributed by atoms with van der Waals surface area (Å²) in [4.78, 5) is 4.70. The molecular formula is C64H44N2O2. The highest BCUT2D eigenvalue weighted by Crippen LogP contribution is 2.45. The summed E-state index contributed by atoms with van der Waals surface area (Å²) in [5.41, 5.74) is 17.1. The molecule has 68 heavy (non-hydrogen) atoms. The van der Waals surface area contributed by atoms with Crippen molar-refractivity contribution >= 4 is 99.5 Å². The van der Waals surface area contributed by atoms with Gasteiger partial charge in [-0.25, -0.2) is 0 Å². The van der Waals surface area contributed by atoms with Gasteiger partial charge in [0.2, 0.25) is 0 Å². The van der Waals surface area contributed by atoms with Gasteiger partial charge in [0, 0.05) is 50.3 Å². The quantitative estimate of drug-likeness (QED) is 0.152. The van der Waals surface area contributed by atoms with Crippen molar-refractivity contribution in [2.75, 3.05) is 9.80 Å². The maximum Gasteiger partial charge on any atom is 0.147 e. The third-order valence-corrected chi connectivity index (χ3v) is 13.6. The van der Waals surface area contributed by atoms with Gasteiger partial charge in [-0.15, -0.1) is 0 Å². The highest BCUT2D eigenvalue weighted by molar-refractivity contribution is 6.24. The molecule has 0 aliphatic rings. The number of hydrogen-bond acceptors (Lipinski definition) is 4. The predicted octanol–water partition coefficient (Wildman–Crippen LogP) is 18.7. The van der Waals surface area contributed by atoms with E-state index >= 15 is 0 Å². The standard InChI is InChI=1S/C64H44N2O2/c1-41-13-9-11-19-58(41)65(51-27-21-45(22-28-51)43-15-5-3-6-16-43)53-31-25-47-37-56-55-33-34-60-63(64(55)68-61(56)39-49(47)35-53)57-38-48-26-32-54(36-50(48)40-62(57)67-60)66(59-20-12-10-14-42(59)2)52-29-23-46(24-30-52)44-17-7-4-8-18-44/h3-40H,1-2H3. The van der Waals surface area contributed by atoms with E-state index in [9.17, 15) is 0 Å². The molecule has 0 bridgehead atoms. The number of benzene rings is 11. The monoisotopic (exact) mass is 872 g/mol. The van der Waals surface area contributed by atoms with Gasteiger partial charge in [0.05, 0.1) is 5.39 Å². The van der Waals surface area contributed by atoms with Crippen LogP contribution in [0.3, 0.4) is 0 Å². The molecule has 0 fully saturated rings. The molecule has 0 unspecified atom stereocenters. The number of fused-ring (bicyclic) bond motifs is 9. The molecule has 0 N–H and O–H groups in total. The topological polar surface area (TPSA) is 32.8 Å². The number of aryl methyl sites for hydroxylation is 2. The number of furan rings is 2. The molecule has 0 atom stereocenters. The van der Waals surface area contributed by atoms with Crippen LogP contribution in [0.1, 0.15) is 11.1 Å². The van der Waals surface area contributed by atoms with Crippen LogP contribution in [-0.4, -0.2) is 0 Å². The average Bonchev–Trinajstić information content (AvgIpc) is 3.94. The Morgan fingerprint density at radius 2 is 0.735 bits per heavy atom. The van der Waals surface area contributed by atoms with E-state index in [0.717, 1.165) is 99.5 Å². The molecular weight excluding hydrogens is 829 g/mol. The molecule has 4 nitrogen and oxygen atoms in total. The molecule has 0 aliphatic heterocycles. The van der Waals surface area contributed by atoms with Crippen LogP contribution >= 0.6 is 0 Å².